The van der Waals surface area contributed by atoms with Crippen LogP contribution in [0.15, 0.2) is 4.99 Å². The summed E-state index contributed by atoms with van der Waals surface area (Å²) in [6.07, 6.45) is 0.476. The van der Waals surface area contributed by atoms with Gasteiger partial charge in [0.1, 0.15) is 0 Å². The van der Waals surface area contributed by atoms with Gasteiger partial charge in [-0.1, -0.05) is 13.8 Å². The number of hydrogen-bond donors (Lipinski definition) is 2. The Labute approximate surface area is 128 Å². The number of amides is 1. The van der Waals surface area contributed by atoms with Crippen LogP contribution in [0.25, 0.3) is 0 Å². The van der Waals surface area contributed by atoms with E-state index in [4.69, 9.17) is 0 Å². The van der Waals surface area contributed by atoms with Crippen LogP contribution in [-0.4, -0.2) is 50.5 Å². The van der Waals surface area contributed by atoms with Crippen LogP contribution in [0.1, 0.15) is 27.2 Å². The Bertz CT molecular complexity index is 267. The van der Waals surface area contributed by atoms with Crippen molar-refractivity contribution in [1.29, 1.82) is 0 Å². The quantitative estimate of drug-likeness (QED) is 0.436. The predicted molar refractivity (Wildman–Crippen MR) is 87.5 cm³/mol. The largest absolute Gasteiger partial charge is 0.356 e. The molecule has 5 nitrogen and oxygen atoms in total. The first-order chi connectivity index (χ1) is 7.88. The molecule has 0 saturated heterocycles. The van der Waals surface area contributed by atoms with E-state index in [2.05, 4.69) is 36.4 Å². The molecule has 0 rings (SSSR count). The second kappa shape index (κ2) is 10.4. The van der Waals surface area contributed by atoms with E-state index in [0.717, 1.165) is 5.96 Å². The summed E-state index contributed by atoms with van der Waals surface area (Å²) in [6, 6.07) is 0.353. The molecule has 1 atom stereocenters. The summed E-state index contributed by atoms with van der Waals surface area (Å²) >= 11 is 0. The van der Waals surface area contributed by atoms with E-state index in [1.54, 1.807) is 26.0 Å². The summed E-state index contributed by atoms with van der Waals surface area (Å²) < 4.78 is 0. The van der Waals surface area contributed by atoms with Crippen LogP contribution in [0.3, 0.4) is 0 Å². The Balaban J connectivity index is 0. The number of guanidine groups is 1. The van der Waals surface area contributed by atoms with E-state index in [0.29, 0.717) is 24.9 Å². The highest BCUT2D eigenvalue weighted by Crippen LogP contribution is 1.98. The summed E-state index contributed by atoms with van der Waals surface area (Å²) in [5.74, 6) is 1.40. The van der Waals surface area contributed by atoms with Gasteiger partial charge in [-0.2, -0.15) is 0 Å². The van der Waals surface area contributed by atoms with Gasteiger partial charge < -0.3 is 15.5 Å². The van der Waals surface area contributed by atoms with Crippen LogP contribution < -0.4 is 10.6 Å². The average molecular weight is 370 g/mol. The number of carbonyl (C=O) groups excluding carboxylic acids is 1. The summed E-state index contributed by atoms with van der Waals surface area (Å²) in [5, 5.41) is 6.42. The normalized spacial score (nSPS) is 12.7. The van der Waals surface area contributed by atoms with Crippen molar-refractivity contribution in [3.63, 3.8) is 0 Å². The van der Waals surface area contributed by atoms with Crippen LogP contribution in [0.4, 0.5) is 0 Å². The molecule has 0 heterocycles. The number of aliphatic imine (C=N–C) groups is 1. The van der Waals surface area contributed by atoms with E-state index in [9.17, 15) is 4.79 Å². The maximum Gasteiger partial charge on any atom is 0.223 e. The zero-order chi connectivity index (χ0) is 13.4. The molecule has 0 spiro atoms. The van der Waals surface area contributed by atoms with Crippen molar-refractivity contribution in [3.8, 4) is 0 Å². The summed E-state index contributed by atoms with van der Waals surface area (Å²) in [7, 11) is 5.25. The number of hydrogen-bond acceptors (Lipinski definition) is 2. The second-order valence-electron chi connectivity index (χ2n) is 4.71. The fourth-order valence-corrected chi connectivity index (χ4v) is 1.09. The fourth-order valence-electron chi connectivity index (χ4n) is 1.09. The van der Waals surface area contributed by atoms with Crippen LogP contribution in [-0.2, 0) is 4.79 Å². The van der Waals surface area contributed by atoms with Gasteiger partial charge in [-0.05, 0) is 12.8 Å². The van der Waals surface area contributed by atoms with E-state index in [1.165, 1.54) is 0 Å². The summed E-state index contributed by atoms with van der Waals surface area (Å²) in [5.41, 5.74) is 0. The Kier molecular flexibility index (Phi) is 11.4. The highest BCUT2D eigenvalue weighted by Gasteiger charge is 2.09. The van der Waals surface area contributed by atoms with E-state index in [-0.39, 0.29) is 29.9 Å². The van der Waals surface area contributed by atoms with Gasteiger partial charge in [0, 0.05) is 40.2 Å². The van der Waals surface area contributed by atoms with Crippen molar-refractivity contribution >= 4 is 35.8 Å². The minimum absolute atomic E-state index is 0. The third-order valence-electron chi connectivity index (χ3n) is 2.72. The van der Waals surface area contributed by atoms with Crippen LogP contribution >= 0.6 is 24.0 Å². The van der Waals surface area contributed by atoms with Gasteiger partial charge in [-0.3, -0.25) is 9.79 Å². The molecule has 0 aliphatic heterocycles. The van der Waals surface area contributed by atoms with Crippen LogP contribution in [0, 0.1) is 5.92 Å². The van der Waals surface area contributed by atoms with Crippen molar-refractivity contribution in [2.24, 2.45) is 10.9 Å². The van der Waals surface area contributed by atoms with Gasteiger partial charge in [0.05, 0.1) is 0 Å². The molecule has 6 heteroatoms. The van der Waals surface area contributed by atoms with Crippen molar-refractivity contribution in [2.75, 3.05) is 27.7 Å². The van der Waals surface area contributed by atoms with E-state index >= 15 is 0 Å². The molecule has 1 unspecified atom stereocenters. The van der Waals surface area contributed by atoms with Gasteiger partial charge in [-0.25, -0.2) is 0 Å². The number of carbonyl (C=O) groups is 1. The third kappa shape index (κ3) is 8.54. The molecule has 0 fully saturated rings. The molecule has 0 aliphatic carbocycles. The topological polar surface area (TPSA) is 56.7 Å². The average Bonchev–Trinajstić information content (AvgIpc) is 2.26. The Morgan fingerprint density at radius 2 is 1.83 bits per heavy atom. The lowest BCUT2D eigenvalue weighted by Gasteiger charge is -2.20. The lowest BCUT2D eigenvalue weighted by Crippen LogP contribution is -2.45. The minimum Gasteiger partial charge on any atom is -0.356 e. The zero-order valence-corrected chi connectivity index (χ0v) is 14.6. The molecule has 0 bridgehead atoms. The van der Waals surface area contributed by atoms with Crippen molar-refractivity contribution in [3.05, 3.63) is 0 Å². The number of rotatable bonds is 5. The maximum atomic E-state index is 11.4. The van der Waals surface area contributed by atoms with Crippen LogP contribution in [0.2, 0.25) is 0 Å². The zero-order valence-electron chi connectivity index (χ0n) is 12.3. The maximum absolute atomic E-state index is 11.4. The van der Waals surface area contributed by atoms with Crippen molar-refractivity contribution in [1.82, 2.24) is 15.5 Å². The first kappa shape index (κ1) is 19.8. The molecular formula is C12H27IN4O. The van der Waals surface area contributed by atoms with Gasteiger partial charge in [0.2, 0.25) is 5.91 Å². The van der Waals surface area contributed by atoms with E-state index < -0.39 is 0 Å². The molecule has 0 radical (unpaired) electrons. The van der Waals surface area contributed by atoms with Gasteiger partial charge in [0.25, 0.3) is 0 Å². The number of halogens is 1. The minimum atomic E-state index is 0. The molecule has 18 heavy (non-hydrogen) atoms. The molecule has 0 aromatic heterocycles. The first-order valence-corrected chi connectivity index (χ1v) is 6.05. The van der Waals surface area contributed by atoms with Gasteiger partial charge in [0.15, 0.2) is 5.96 Å². The standard InChI is InChI=1S/C12H26N4O.HI/c1-9(2)10(3)15-12(13-4)14-8-7-11(17)16(5)6;/h9-10H,7-8H2,1-6H3,(H2,13,14,15);1H. The highest BCUT2D eigenvalue weighted by atomic mass is 127. The molecule has 2 N–H and O–H groups in total. The third-order valence-corrected chi connectivity index (χ3v) is 2.72. The number of nitrogens with zero attached hydrogens (tertiary/aromatic N) is 2. The smallest absolute Gasteiger partial charge is 0.223 e. The molecule has 0 aromatic rings. The Morgan fingerprint density at radius 3 is 2.22 bits per heavy atom. The molecule has 108 valence electrons. The second-order valence-corrected chi connectivity index (χ2v) is 4.71. The first-order valence-electron chi connectivity index (χ1n) is 6.05. The molecule has 0 aromatic carbocycles. The number of nitrogens with one attached hydrogen (secondary N) is 2. The van der Waals surface area contributed by atoms with Crippen molar-refractivity contribution < 1.29 is 4.79 Å². The van der Waals surface area contributed by atoms with E-state index in [1.807, 2.05) is 0 Å². The molecular weight excluding hydrogens is 343 g/mol. The highest BCUT2D eigenvalue weighted by molar-refractivity contribution is 14.0. The summed E-state index contributed by atoms with van der Waals surface area (Å²) in [6.45, 7) is 7.02. The van der Waals surface area contributed by atoms with Crippen LogP contribution in [0.5, 0.6) is 0 Å². The lowest BCUT2D eigenvalue weighted by molar-refractivity contribution is -0.128. The molecule has 1 amide bonds. The van der Waals surface area contributed by atoms with Crippen molar-refractivity contribution in [2.45, 2.75) is 33.2 Å². The lowest BCUT2D eigenvalue weighted by atomic mass is 10.1. The molecule has 0 saturated carbocycles. The fraction of sp³-hybridized carbons (Fsp3) is 0.833. The van der Waals surface area contributed by atoms with Gasteiger partial charge >= 0.3 is 0 Å². The summed E-state index contributed by atoms with van der Waals surface area (Å²) in [4.78, 5) is 17.1. The monoisotopic (exact) mass is 370 g/mol. The predicted octanol–water partition coefficient (Wildman–Crippen LogP) is 1.29. The van der Waals surface area contributed by atoms with Gasteiger partial charge in [-0.15, -0.1) is 24.0 Å². The Morgan fingerprint density at radius 1 is 1.28 bits per heavy atom. The SMILES string of the molecule is CN=C(NCCC(=O)N(C)C)NC(C)C(C)C.I. The molecule has 0 aliphatic rings. The Hall–Kier alpha value is -0.530.